The van der Waals surface area contributed by atoms with Crippen molar-refractivity contribution in [1.82, 2.24) is 15.0 Å². The van der Waals surface area contributed by atoms with Crippen LogP contribution in [-0.4, -0.2) is 39.6 Å². The van der Waals surface area contributed by atoms with E-state index >= 15 is 0 Å². The van der Waals surface area contributed by atoms with Gasteiger partial charge in [-0.2, -0.15) is 0 Å². The van der Waals surface area contributed by atoms with Crippen LogP contribution in [0.2, 0.25) is 0 Å². The number of thioether (sulfide) groups is 1. The SMILES string of the molecule is CSc1nc(-c2ccco2)nc(C)c1C(=O)OCC(=O)c1cc(C)[nH]c1C. The van der Waals surface area contributed by atoms with Crippen molar-refractivity contribution in [2.45, 2.75) is 25.8 Å². The standard InChI is InChI=1S/C19H19N3O4S/c1-10-8-13(11(2)20-10)14(23)9-26-19(24)16-12(3)21-17(22-18(16)27-4)15-6-5-7-25-15/h5-8,20H,9H2,1-4H3. The summed E-state index contributed by atoms with van der Waals surface area (Å²) < 4.78 is 10.6. The number of hydrogen-bond acceptors (Lipinski definition) is 7. The van der Waals surface area contributed by atoms with Crippen LogP contribution >= 0.6 is 11.8 Å². The maximum atomic E-state index is 12.6. The fourth-order valence-corrected chi connectivity index (χ4v) is 3.35. The number of furan rings is 1. The molecule has 0 aliphatic carbocycles. The summed E-state index contributed by atoms with van der Waals surface area (Å²) in [7, 11) is 0. The molecule has 0 aliphatic heterocycles. The molecular formula is C19H19N3O4S. The average Bonchev–Trinajstić information content (AvgIpc) is 3.28. The Labute approximate surface area is 160 Å². The first kappa shape index (κ1) is 18.9. The van der Waals surface area contributed by atoms with Gasteiger partial charge in [0.1, 0.15) is 10.6 Å². The van der Waals surface area contributed by atoms with Crippen molar-refractivity contribution in [3.8, 4) is 11.6 Å². The Hall–Kier alpha value is -2.87. The molecule has 1 N–H and O–H groups in total. The van der Waals surface area contributed by atoms with Gasteiger partial charge >= 0.3 is 5.97 Å². The maximum Gasteiger partial charge on any atom is 0.343 e. The highest BCUT2D eigenvalue weighted by Gasteiger charge is 2.22. The molecule has 3 aromatic rings. The molecule has 3 rings (SSSR count). The summed E-state index contributed by atoms with van der Waals surface area (Å²) in [5.74, 6) is 0.0254. The summed E-state index contributed by atoms with van der Waals surface area (Å²) in [5, 5.41) is 0.472. The van der Waals surface area contributed by atoms with Gasteiger partial charge in [0.05, 0.1) is 12.0 Å². The number of Topliss-reactive ketones (excluding diaryl/α,β-unsaturated/α-hetero) is 1. The Morgan fingerprint density at radius 2 is 2.04 bits per heavy atom. The predicted octanol–water partition coefficient (Wildman–Crippen LogP) is 3.75. The normalized spacial score (nSPS) is 10.8. The number of hydrogen-bond donors (Lipinski definition) is 1. The fraction of sp³-hybridized carbons (Fsp3) is 0.263. The van der Waals surface area contributed by atoms with Crippen molar-refractivity contribution in [2.24, 2.45) is 0 Å². The number of ketones is 1. The zero-order chi connectivity index (χ0) is 19.6. The fourth-order valence-electron chi connectivity index (χ4n) is 2.74. The van der Waals surface area contributed by atoms with Gasteiger partial charge in [0.15, 0.2) is 18.2 Å². The maximum absolute atomic E-state index is 12.6. The van der Waals surface area contributed by atoms with Gasteiger partial charge in [-0.15, -0.1) is 11.8 Å². The summed E-state index contributed by atoms with van der Waals surface area (Å²) in [4.78, 5) is 36.7. The van der Waals surface area contributed by atoms with Crippen LogP contribution in [0.15, 0.2) is 33.9 Å². The zero-order valence-corrected chi connectivity index (χ0v) is 16.3. The lowest BCUT2D eigenvalue weighted by Crippen LogP contribution is -2.17. The highest BCUT2D eigenvalue weighted by atomic mass is 32.2. The molecule has 27 heavy (non-hydrogen) atoms. The summed E-state index contributed by atoms with van der Waals surface area (Å²) in [6.45, 7) is 5.02. The van der Waals surface area contributed by atoms with E-state index in [2.05, 4.69) is 15.0 Å². The van der Waals surface area contributed by atoms with E-state index in [0.717, 1.165) is 11.4 Å². The molecule has 0 fully saturated rings. The number of carbonyl (C=O) groups is 2. The van der Waals surface area contributed by atoms with Crippen molar-refractivity contribution >= 4 is 23.5 Å². The first-order valence-electron chi connectivity index (χ1n) is 8.23. The van der Waals surface area contributed by atoms with Crippen molar-refractivity contribution in [3.63, 3.8) is 0 Å². The molecule has 8 heteroatoms. The van der Waals surface area contributed by atoms with E-state index in [4.69, 9.17) is 9.15 Å². The molecule has 0 atom stereocenters. The van der Waals surface area contributed by atoms with Crippen molar-refractivity contribution in [3.05, 3.63) is 52.7 Å². The first-order chi connectivity index (χ1) is 12.9. The Kier molecular flexibility index (Phi) is 5.46. The smallest absolute Gasteiger partial charge is 0.343 e. The van der Waals surface area contributed by atoms with Gasteiger partial charge < -0.3 is 14.1 Å². The molecular weight excluding hydrogens is 366 g/mol. The van der Waals surface area contributed by atoms with Gasteiger partial charge in [-0.1, -0.05) is 0 Å². The molecule has 7 nitrogen and oxygen atoms in total. The number of rotatable bonds is 6. The number of aromatic amines is 1. The van der Waals surface area contributed by atoms with Crippen molar-refractivity contribution in [1.29, 1.82) is 0 Å². The monoisotopic (exact) mass is 385 g/mol. The molecule has 0 amide bonds. The van der Waals surface area contributed by atoms with E-state index in [1.54, 1.807) is 32.0 Å². The number of nitrogens with zero attached hydrogens (tertiary/aromatic N) is 2. The van der Waals surface area contributed by atoms with Crippen LogP contribution < -0.4 is 0 Å². The van der Waals surface area contributed by atoms with E-state index in [0.29, 0.717) is 27.9 Å². The second-order valence-corrected chi connectivity index (χ2v) is 6.78. The molecule has 0 spiro atoms. The van der Waals surface area contributed by atoms with Crippen LogP contribution in [0.4, 0.5) is 0 Å². The summed E-state index contributed by atoms with van der Waals surface area (Å²) in [5.41, 5.74) is 2.87. The second kappa shape index (κ2) is 7.79. The Morgan fingerprint density at radius 1 is 1.26 bits per heavy atom. The molecule has 0 bridgehead atoms. The number of aryl methyl sites for hydroxylation is 3. The highest BCUT2D eigenvalue weighted by Crippen LogP contribution is 2.25. The number of esters is 1. The predicted molar refractivity (Wildman–Crippen MR) is 101 cm³/mol. The van der Waals surface area contributed by atoms with E-state index in [1.165, 1.54) is 18.0 Å². The quantitative estimate of drug-likeness (QED) is 0.299. The molecule has 0 unspecified atom stereocenters. The molecule has 0 aromatic carbocycles. The third-order valence-corrected chi connectivity index (χ3v) is 4.66. The molecule has 0 saturated heterocycles. The molecule has 0 radical (unpaired) electrons. The van der Waals surface area contributed by atoms with Gasteiger partial charge in [0, 0.05) is 17.0 Å². The van der Waals surface area contributed by atoms with Gasteiger partial charge in [-0.25, -0.2) is 14.8 Å². The number of aromatic nitrogens is 3. The minimum atomic E-state index is -0.624. The van der Waals surface area contributed by atoms with Gasteiger partial charge in [-0.05, 0) is 45.2 Å². The Balaban J connectivity index is 1.80. The van der Waals surface area contributed by atoms with Gasteiger partial charge in [0.25, 0.3) is 0 Å². The van der Waals surface area contributed by atoms with Crippen LogP contribution in [0.25, 0.3) is 11.6 Å². The largest absolute Gasteiger partial charge is 0.461 e. The minimum absolute atomic E-state index is 0.257. The summed E-state index contributed by atoms with van der Waals surface area (Å²) in [6, 6.07) is 5.23. The van der Waals surface area contributed by atoms with Crippen molar-refractivity contribution < 1.29 is 18.7 Å². The Morgan fingerprint density at radius 3 is 2.63 bits per heavy atom. The molecule has 0 aliphatic rings. The third kappa shape index (κ3) is 3.95. The summed E-state index contributed by atoms with van der Waals surface area (Å²) in [6.07, 6.45) is 3.34. The van der Waals surface area contributed by atoms with E-state index in [1.807, 2.05) is 13.2 Å². The number of H-pyrrole nitrogens is 1. The van der Waals surface area contributed by atoms with Crippen molar-refractivity contribution in [2.75, 3.05) is 12.9 Å². The third-order valence-electron chi connectivity index (χ3n) is 3.98. The minimum Gasteiger partial charge on any atom is -0.461 e. The zero-order valence-electron chi connectivity index (χ0n) is 15.5. The van der Waals surface area contributed by atoms with Gasteiger partial charge in [0.2, 0.25) is 5.78 Å². The lowest BCUT2D eigenvalue weighted by atomic mass is 10.1. The van der Waals surface area contributed by atoms with Crippen LogP contribution in [0.3, 0.4) is 0 Å². The number of nitrogens with one attached hydrogen (secondary N) is 1. The van der Waals surface area contributed by atoms with E-state index in [-0.39, 0.29) is 18.0 Å². The van der Waals surface area contributed by atoms with E-state index in [9.17, 15) is 9.59 Å². The Bertz CT molecular complexity index is 993. The lowest BCUT2D eigenvalue weighted by molar-refractivity contribution is 0.0469. The molecule has 0 saturated carbocycles. The van der Waals surface area contributed by atoms with Crippen LogP contribution in [-0.2, 0) is 4.74 Å². The molecule has 3 aromatic heterocycles. The molecule has 3 heterocycles. The summed E-state index contributed by atoms with van der Waals surface area (Å²) >= 11 is 1.30. The van der Waals surface area contributed by atoms with Crippen LogP contribution in [0, 0.1) is 20.8 Å². The van der Waals surface area contributed by atoms with Crippen LogP contribution in [0.1, 0.15) is 37.8 Å². The number of ether oxygens (including phenoxy) is 1. The second-order valence-electron chi connectivity index (χ2n) is 5.98. The average molecular weight is 385 g/mol. The van der Waals surface area contributed by atoms with Crippen LogP contribution in [0.5, 0.6) is 0 Å². The topological polar surface area (TPSA) is 98.1 Å². The first-order valence-corrected chi connectivity index (χ1v) is 9.46. The highest BCUT2D eigenvalue weighted by molar-refractivity contribution is 7.98. The number of carbonyl (C=O) groups excluding carboxylic acids is 2. The van der Waals surface area contributed by atoms with E-state index < -0.39 is 5.97 Å². The van der Waals surface area contributed by atoms with Gasteiger partial charge in [-0.3, -0.25) is 4.79 Å². The molecule has 140 valence electrons. The lowest BCUT2D eigenvalue weighted by Gasteiger charge is -2.10.